The van der Waals surface area contributed by atoms with Crippen molar-refractivity contribution < 1.29 is 14.6 Å². The summed E-state index contributed by atoms with van der Waals surface area (Å²) in [5.74, 6) is 1.27. The summed E-state index contributed by atoms with van der Waals surface area (Å²) in [6, 6.07) is 5.17. The summed E-state index contributed by atoms with van der Waals surface area (Å²) in [4.78, 5) is 0. The van der Waals surface area contributed by atoms with Crippen molar-refractivity contribution in [1.29, 1.82) is 0 Å². The first-order valence-electron chi connectivity index (χ1n) is 3.99. The average molecular weight is 201 g/mol. The minimum absolute atomic E-state index is 0.0496. The summed E-state index contributed by atoms with van der Waals surface area (Å²) < 4.78 is 10.7. The third-order valence-electron chi connectivity index (χ3n) is 1.83. The van der Waals surface area contributed by atoms with Crippen molar-refractivity contribution in [2.24, 2.45) is 0 Å². The molecule has 0 aliphatic carbocycles. The van der Waals surface area contributed by atoms with E-state index in [0.717, 1.165) is 0 Å². The van der Waals surface area contributed by atoms with Gasteiger partial charge < -0.3 is 14.6 Å². The van der Waals surface area contributed by atoms with Crippen LogP contribution in [-0.4, -0.2) is 24.4 Å². The second kappa shape index (κ2) is 3.44. The molecule has 0 saturated carbocycles. The number of ether oxygens (including phenoxy) is 2. The normalized spacial score (nSPS) is 20.0. The maximum absolute atomic E-state index is 8.85. The molecule has 13 heavy (non-hydrogen) atoms. The van der Waals surface area contributed by atoms with E-state index in [-0.39, 0.29) is 12.7 Å². The SMILES string of the molecule is OC[C@@H]1COc2ccc(Cl)cc2O1. The molecule has 0 fully saturated rings. The minimum Gasteiger partial charge on any atom is -0.486 e. The fourth-order valence-electron chi connectivity index (χ4n) is 1.18. The Morgan fingerprint density at radius 1 is 1.46 bits per heavy atom. The lowest BCUT2D eigenvalue weighted by Crippen LogP contribution is -2.32. The van der Waals surface area contributed by atoms with Crippen LogP contribution in [0.1, 0.15) is 0 Å². The van der Waals surface area contributed by atoms with Gasteiger partial charge in [0.1, 0.15) is 6.61 Å². The van der Waals surface area contributed by atoms with E-state index in [4.69, 9.17) is 26.2 Å². The van der Waals surface area contributed by atoms with Crippen LogP contribution in [0.25, 0.3) is 0 Å². The first kappa shape index (κ1) is 8.66. The number of fused-ring (bicyclic) bond motifs is 1. The quantitative estimate of drug-likeness (QED) is 0.746. The highest BCUT2D eigenvalue weighted by Crippen LogP contribution is 2.33. The number of halogens is 1. The molecule has 1 aromatic carbocycles. The summed E-state index contributed by atoms with van der Waals surface area (Å²) in [5.41, 5.74) is 0. The van der Waals surface area contributed by atoms with Gasteiger partial charge in [0, 0.05) is 11.1 Å². The topological polar surface area (TPSA) is 38.7 Å². The van der Waals surface area contributed by atoms with E-state index in [1.165, 1.54) is 0 Å². The fourth-order valence-corrected chi connectivity index (χ4v) is 1.34. The number of aliphatic hydroxyl groups is 1. The maximum Gasteiger partial charge on any atom is 0.163 e. The molecule has 2 rings (SSSR count). The van der Waals surface area contributed by atoms with Crippen molar-refractivity contribution in [2.45, 2.75) is 6.10 Å². The average Bonchev–Trinajstić information content (AvgIpc) is 2.16. The molecule has 70 valence electrons. The highest BCUT2D eigenvalue weighted by molar-refractivity contribution is 6.30. The van der Waals surface area contributed by atoms with Crippen LogP contribution in [0.3, 0.4) is 0 Å². The van der Waals surface area contributed by atoms with Crippen LogP contribution in [-0.2, 0) is 0 Å². The number of hydrogen-bond donors (Lipinski definition) is 1. The van der Waals surface area contributed by atoms with Gasteiger partial charge in [-0.1, -0.05) is 11.6 Å². The number of hydrogen-bond acceptors (Lipinski definition) is 3. The van der Waals surface area contributed by atoms with E-state index in [1.807, 2.05) is 0 Å². The summed E-state index contributed by atoms with van der Waals surface area (Å²) in [5, 5.41) is 9.45. The van der Waals surface area contributed by atoms with E-state index in [9.17, 15) is 0 Å². The monoisotopic (exact) mass is 200 g/mol. The lowest BCUT2D eigenvalue weighted by atomic mass is 10.3. The Hall–Kier alpha value is -0.930. The van der Waals surface area contributed by atoms with Crippen molar-refractivity contribution in [2.75, 3.05) is 13.2 Å². The van der Waals surface area contributed by atoms with E-state index in [1.54, 1.807) is 18.2 Å². The summed E-state index contributed by atoms with van der Waals surface area (Å²) in [6.45, 7) is 0.330. The van der Waals surface area contributed by atoms with Gasteiger partial charge in [0.05, 0.1) is 6.61 Å². The standard InChI is InChI=1S/C9H9ClO3/c10-6-1-2-8-9(3-6)13-7(4-11)5-12-8/h1-3,7,11H,4-5H2/t7-/m1/s1. The first-order valence-corrected chi connectivity index (χ1v) is 4.37. The number of rotatable bonds is 1. The van der Waals surface area contributed by atoms with Crippen molar-refractivity contribution in [3.8, 4) is 11.5 Å². The molecule has 0 amide bonds. The molecule has 0 bridgehead atoms. The molecule has 3 nitrogen and oxygen atoms in total. The van der Waals surface area contributed by atoms with Gasteiger partial charge in [0.2, 0.25) is 0 Å². The Morgan fingerprint density at radius 2 is 2.31 bits per heavy atom. The Balaban J connectivity index is 2.27. The van der Waals surface area contributed by atoms with Gasteiger partial charge in [-0.05, 0) is 12.1 Å². The largest absolute Gasteiger partial charge is 0.486 e. The molecule has 1 heterocycles. The second-order valence-corrected chi connectivity index (χ2v) is 3.26. The van der Waals surface area contributed by atoms with E-state index < -0.39 is 0 Å². The van der Waals surface area contributed by atoms with Gasteiger partial charge in [-0.2, -0.15) is 0 Å². The first-order chi connectivity index (χ1) is 6.29. The minimum atomic E-state index is -0.286. The molecule has 0 radical (unpaired) electrons. The number of aliphatic hydroxyl groups excluding tert-OH is 1. The molecule has 1 aliphatic rings. The molecule has 0 saturated heterocycles. The molecule has 0 spiro atoms. The van der Waals surface area contributed by atoms with Gasteiger partial charge in [-0.15, -0.1) is 0 Å². The van der Waals surface area contributed by atoms with Crippen LogP contribution in [0.4, 0.5) is 0 Å². The Labute approximate surface area is 80.8 Å². The highest BCUT2D eigenvalue weighted by Gasteiger charge is 2.19. The lowest BCUT2D eigenvalue weighted by molar-refractivity contribution is 0.0456. The third-order valence-corrected chi connectivity index (χ3v) is 2.06. The van der Waals surface area contributed by atoms with Crippen LogP contribution in [0.2, 0.25) is 5.02 Å². The molecule has 0 unspecified atom stereocenters. The van der Waals surface area contributed by atoms with Gasteiger partial charge >= 0.3 is 0 Å². The van der Waals surface area contributed by atoms with Crippen LogP contribution in [0.5, 0.6) is 11.5 Å². The Kier molecular flexibility index (Phi) is 2.29. The molecular weight excluding hydrogens is 192 g/mol. The molecule has 0 aromatic heterocycles. The van der Waals surface area contributed by atoms with Crippen LogP contribution in [0.15, 0.2) is 18.2 Å². The zero-order chi connectivity index (χ0) is 9.26. The van der Waals surface area contributed by atoms with Crippen molar-refractivity contribution in [3.63, 3.8) is 0 Å². The van der Waals surface area contributed by atoms with Crippen molar-refractivity contribution in [1.82, 2.24) is 0 Å². The van der Waals surface area contributed by atoms with Crippen LogP contribution >= 0.6 is 11.6 Å². The van der Waals surface area contributed by atoms with E-state index >= 15 is 0 Å². The molecule has 1 N–H and O–H groups in total. The van der Waals surface area contributed by atoms with Gasteiger partial charge in [-0.25, -0.2) is 0 Å². The van der Waals surface area contributed by atoms with E-state index in [0.29, 0.717) is 23.1 Å². The Morgan fingerprint density at radius 3 is 3.08 bits per heavy atom. The van der Waals surface area contributed by atoms with Gasteiger partial charge in [-0.3, -0.25) is 0 Å². The van der Waals surface area contributed by atoms with Crippen LogP contribution in [0, 0.1) is 0 Å². The summed E-state index contributed by atoms with van der Waals surface area (Å²) >= 11 is 5.77. The fraction of sp³-hybridized carbons (Fsp3) is 0.333. The van der Waals surface area contributed by atoms with Gasteiger partial charge in [0.25, 0.3) is 0 Å². The molecule has 1 atom stereocenters. The Bertz CT molecular complexity index is 314. The predicted octanol–water partition coefficient (Wildman–Crippen LogP) is 1.47. The smallest absolute Gasteiger partial charge is 0.163 e. The molecule has 1 aromatic rings. The third kappa shape index (κ3) is 1.71. The number of benzene rings is 1. The second-order valence-electron chi connectivity index (χ2n) is 2.82. The molecular formula is C9H9ClO3. The molecule has 4 heteroatoms. The maximum atomic E-state index is 8.85. The van der Waals surface area contributed by atoms with Crippen LogP contribution < -0.4 is 9.47 Å². The summed E-state index contributed by atoms with van der Waals surface area (Å²) in [7, 11) is 0. The summed E-state index contributed by atoms with van der Waals surface area (Å²) in [6.07, 6.45) is -0.286. The predicted molar refractivity (Wildman–Crippen MR) is 48.4 cm³/mol. The van der Waals surface area contributed by atoms with Gasteiger partial charge in [0.15, 0.2) is 17.6 Å². The zero-order valence-electron chi connectivity index (χ0n) is 6.87. The van der Waals surface area contributed by atoms with Crippen molar-refractivity contribution in [3.05, 3.63) is 23.2 Å². The highest BCUT2D eigenvalue weighted by atomic mass is 35.5. The lowest BCUT2D eigenvalue weighted by Gasteiger charge is -2.25. The van der Waals surface area contributed by atoms with E-state index in [2.05, 4.69) is 0 Å². The zero-order valence-corrected chi connectivity index (χ0v) is 7.62. The molecule has 1 aliphatic heterocycles. The van der Waals surface area contributed by atoms with Crippen molar-refractivity contribution >= 4 is 11.6 Å².